The molecule has 0 unspecified atom stereocenters. The predicted octanol–water partition coefficient (Wildman–Crippen LogP) is -7.24. The van der Waals surface area contributed by atoms with Crippen LogP contribution in [0.25, 0.3) is 0 Å². The molecule has 0 N–H and O–H groups in total. The predicted molar refractivity (Wildman–Crippen MR) is 109 cm³/mol. The largest absolute Gasteiger partial charge is 0 e. The van der Waals surface area contributed by atoms with Crippen LogP contribution < -0.4 is 0 Å². The Morgan fingerprint density at radius 1 is 0.211 bits per heavy atom. The molecule has 0 nitrogen and oxygen atoms in total. The molecule has 0 saturated heterocycles. The molecule has 0 bridgehead atoms. The van der Waals surface area contributed by atoms with E-state index < -0.39 is 0 Å². The van der Waals surface area contributed by atoms with Crippen molar-refractivity contribution in [1.29, 1.82) is 0 Å². The Morgan fingerprint density at radius 3 is 0.211 bits per heavy atom. The van der Waals surface area contributed by atoms with Gasteiger partial charge in [0.2, 0.25) is 0 Å². The average molecular weight is 588 g/mol. The van der Waals surface area contributed by atoms with Gasteiger partial charge in [0.15, 0.2) is 0 Å². The molecule has 19 heavy (non-hydrogen) atoms. The maximum atomic E-state index is 1.89. The summed E-state index contributed by atoms with van der Waals surface area (Å²) in [5.41, 5.74) is 0. The topological polar surface area (TPSA) is 0 Å². The van der Waals surface area contributed by atoms with Crippen molar-refractivity contribution in [1.82, 2.24) is 0 Å². The van der Waals surface area contributed by atoms with Crippen LogP contribution in [0.5, 0.6) is 0 Å². The first-order valence-corrected chi connectivity index (χ1v) is 4.50. The molecule has 0 amide bonds. The molecular formula is Mg17Sr2. The van der Waals surface area contributed by atoms with E-state index in [1.807, 2.05) is 36.1 Å². The summed E-state index contributed by atoms with van der Waals surface area (Å²) in [6.45, 7) is 0. The van der Waals surface area contributed by atoms with E-state index in [4.69, 9.17) is 0 Å². The van der Waals surface area contributed by atoms with E-state index in [1.165, 1.54) is 0 Å². The van der Waals surface area contributed by atoms with Crippen LogP contribution in [0.4, 0.5) is 0 Å². The summed E-state index contributed by atoms with van der Waals surface area (Å²) in [5, 5.41) is 0. The third-order valence-corrected chi connectivity index (χ3v) is 0. The molecule has 19 heteroatoms. The first kappa shape index (κ1) is 140. The van der Waals surface area contributed by atoms with Crippen molar-refractivity contribution in [2.24, 2.45) is 0 Å². The number of rotatable bonds is 0. The zero-order chi connectivity index (χ0) is 2.00. The van der Waals surface area contributed by atoms with Crippen LogP contribution in [0, 0.1) is 0 Å². The maximum Gasteiger partial charge on any atom is 0 e. The van der Waals surface area contributed by atoms with Gasteiger partial charge in [-0.05, 0) is 0 Å². The third-order valence-electron chi connectivity index (χ3n) is 0. The van der Waals surface area contributed by atoms with Crippen molar-refractivity contribution >= 4 is 473 Å². The van der Waals surface area contributed by atoms with E-state index in [0.29, 0.717) is 0 Å². The van der Waals surface area contributed by atoms with E-state index in [0.717, 1.165) is 0 Å². The van der Waals surface area contributed by atoms with Gasteiger partial charge in [-0.1, -0.05) is 0 Å². The summed E-state index contributed by atoms with van der Waals surface area (Å²) in [6, 6.07) is 0. The van der Waals surface area contributed by atoms with Crippen molar-refractivity contribution in [3.05, 3.63) is 0 Å². The van der Waals surface area contributed by atoms with Crippen LogP contribution in [-0.4, -0.2) is 473 Å². The second-order valence-electron chi connectivity index (χ2n) is 0. The summed E-state index contributed by atoms with van der Waals surface area (Å²) in [6.07, 6.45) is 0. The Labute approximate surface area is 457 Å². The molecule has 0 rings (SSSR count). The van der Waals surface area contributed by atoms with Crippen molar-refractivity contribution in [3.63, 3.8) is 0 Å². The molecule has 0 aromatic rings. The van der Waals surface area contributed by atoms with Crippen LogP contribution in [0.15, 0.2) is 0 Å². The Balaban J connectivity index is -0.0000000000368. The average Bonchev–Trinajstić information content (AvgIpc) is 1.00. The van der Waals surface area contributed by atoms with Crippen LogP contribution in [0.2, 0.25) is 0 Å². The SMILES string of the molecule is [Mg].[Mg].[Mg].[Mg].[Mg].[Mg].[Mg].[Mg].[Mg].[Mg].[Mg].[Mg].[Mg].[Mg].[Mg].[Mg][Mg].[Sr].[Sr]. The molecule has 0 spiro atoms. The molecule has 0 aromatic carbocycles. The van der Waals surface area contributed by atoms with E-state index in [1.54, 1.807) is 0 Å². The maximum absolute atomic E-state index is 1.89. The van der Waals surface area contributed by atoms with Gasteiger partial charge in [0.1, 0.15) is 0 Å². The first-order valence-electron chi connectivity index (χ1n) is 0.500. The van der Waals surface area contributed by atoms with E-state index in [9.17, 15) is 0 Å². The minimum atomic E-state index is 0. The molecule has 0 aliphatic heterocycles. The van der Waals surface area contributed by atoms with Crippen LogP contribution >= 0.6 is 0 Å². The standard InChI is InChI=1S/17Mg.2Sr. The zero-order valence-electron chi connectivity index (χ0n) is 13.4. The molecule has 0 atom stereocenters. The molecule has 0 aliphatic rings. The van der Waals surface area contributed by atoms with E-state index in [2.05, 4.69) is 0 Å². The first-order chi connectivity index (χ1) is 1.00. The quantitative estimate of drug-likeness (QED) is 0.247. The van der Waals surface area contributed by atoms with Gasteiger partial charge in [-0.25, -0.2) is 0 Å². The molecule has 0 aromatic heterocycles. The summed E-state index contributed by atoms with van der Waals surface area (Å²) in [4.78, 5) is 0. The molecule has 36 radical (unpaired) electrons. The molecule has 0 heterocycles. The summed E-state index contributed by atoms with van der Waals surface area (Å²) in [7, 11) is 0. The van der Waals surface area contributed by atoms with E-state index in [-0.39, 0.29) is 437 Å². The minimum Gasteiger partial charge on any atom is 0 e. The third kappa shape index (κ3) is 136. The van der Waals surface area contributed by atoms with Crippen LogP contribution in [-0.2, 0) is 0 Å². The normalized spacial score (nSPS) is 0.105. The Kier molecular flexibility index (Phi) is 1070. The monoisotopic (exact) mass is 584 g/mol. The van der Waals surface area contributed by atoms with Gasteiger partial charge >= 0.3 is 0 Å². The van der Waals surface area contributed by atoms with Crippen molar-refractivity contribution < 1.29 is 0 Å². The van der Waals surface area contributed by atoms with Crippen molar-refractivity contribution in [2.45, 2.75) is 0 Å². The summed E-state index contributed by atoms with van der Waals surface area (Å²) in [5.74, 6) is 0. The van der Waals surface area contributed by atoms with Crippen molar-refractivity contribution in [2.75, 3.05) is 0 Å². The fourth-order valence-corrected chi connectivity index (χ4v) is 0. The summed E-state index contributed by atoms with van der Waals surface area (Å²) < 4.78 is 0. The molecule has 0 fully saturated rings. The molecule has 0 aliphatic carbocycles. The van der Waals surface area contributed by atoms with E-state index >= 15 is 0 Å². The number of hydrogen-bond donors (Lipinski definition) is 0. The van der Waals surface area contributed by atoms with Crippen molar-refractivity contribution in [3.8, 4) is 0 Å². The van der Waals surface area contributed by atoms with Gasteiger partial charge < -0.3 is 0 Å². The second-order valence-corrected chi connectivity index (χ2v) is 0. The fourth-order valence-electron chi connectivity index (χ4n) is 0. The smallest absolute Gasteiger partial charge is 0 e. The zero-order valence-corrected chi connectivity index (χ0v) is 44.4. The molecule has 0 saturated carbocycles. The molecule has 38 valence electrons. The van der Waals surface area contributed by atoms with Gasteiger partial charge in [-0.2, -0.15) is 0 Å². The van der Waals surface area contributed by atoms with Gasteiger partial charge in [-0.3, -0.25) is 0 Å². The van der Waals surface area contributed by atoms with Gasteiger partial charge in [0.05, 0.1) is 0 Å². The second kappa shape index (κ2) is 145. The summed E-state index contributed by atoms with van der Waals surface area (Å²) >= 11 is 3.78. The minimum absolute atomic E-state index is 0. The van der Waals surface area contributed by atoms with Gasteiger partial charge in [0.25, 0.3) is 0 Å². The number of hydrogen-bond acceptors (Lipinski definition) is 0. The van der Waals surface area contributed by atoms with Crippen LogP contribution in [0.1, 0.15) is 0 Å². The Bertz CT molecular complexity index is 9.22. The van der Waals surface area contributed by atoms with Gasteiger partial charge in [-0.15, -0.1) is 0 Å². The molecular weight excluding hydrogens is 588 g/mol. The Hall–Kier alpha value is 16.0. The fraction of sp³-hybridized carbons (Fsp3) is 0. The van der Waals surface area contributed by atoms with Crippen LogP contribution in [0.3, 0.4) is 0 Å². The van der Waals surface area contributed by atoms with Gasteiger partial charge in [0, 0.05) is 473 Å². The Morgan fingerprint density at radius 2 is 0.211 bits per heavy atom.